The van der Waals surface area contributed by atoms with E-state index in [0.717, 1.165) is 17.7 Å². The number of hydrogen-bond acceptors (Lipinski definition) is 3. The predicted octanol–water partition coefficient (Wildman–Crippen LogP) is 2.73. The van der Waals surface area contributed by atoms with Gasteiger partial charge in [0.1, 0.15) is 12.4 Å². The van der Waals surface area contributed by atoms with E-state index < -0.39 is 0 Å². The Balaban J connectivity index is 2.26. The lowest BCUT2D eigenvalue weighted by molar-refractivity contribution is -0.0317. The van der Waals surface area contributed by atoms with Gasteiger partial charge in [-0.2, -0.15) is 0 Å². The minimum absolute atomic E-state index is 0.0627. The molecule has 3 heteroatoms. The van der Waals surface area contributed by atoms with Gasteiger partial charge in [-0.1, -0.05) is 19.1 Å². The normalized spacial score (nSPS) is 11.5. The molecule has 0 atom stereocenters. The highest BCUT2D eigenvalue weighted by Gasteiger charge is 2.14. The third-order valence-corrected chi connectivity index (χ3v) is 2.86. The first-order valence-corrected chi connectivity index (χ1v) is 6.13. The lowest BCUT2D eigenvalue weighted by atomic mass is 10.1. The molecule has 3 nitrogen and oxygen atoms in total. The summed E-state index contributed by atoms with van der Waals surface area (Å²) < 4.78 is 11.3. The SMILES string of the molecule is CCC(C)(C)OCCOc1ccc(CN)cc1. The Morgan fingerprint density at radius 3 is 2.29 bits per heavy atom. The van der Waals surface area contributed by atoms with Gasteiger partial charge in [-0.25, -0.2) is 0 Å². The van der Waals surface area contributed by atoms with E-state index in [1.807, 2.05) is 24.3 Å². The first-order valence-electron chi connectivity index (χ1n) is 6.13. The number of rotatable bonds is 7. The van der Waals surface area contributed by atoms with Crippen LogP contribution in [0.15, 0.2) is 24.3 Å². The van der Waals surface area contributed by atoms with E-state index in [4.69, 9.17) is 15.2 Å². The van der Waals surface area contributed by atoms with Crippen molar-refractivity contribution in [2.45, 2.75) is 39.3 Å². The van der Waals surface area contributed by atoms with Crippen molar-refractivity contribution < 1.29 is 9.47 Å². The van der Waals surface area contributed by atoms with Crippen molar-refractivity contribution >= 4 is 0 Å². The third kappa shape index (κ3) is 5.20. The van der Waals surface area contributed by atoms with Gasteiger partial charge in [-0.3, -0.25) is 0 Å². The van der Waals surface area contributed by atoms with Crippen LogP contribution in [-0.2, 0) is 11.3 Å². The van der Waals surface area contributed by atoms with Crippen LogP contribution < -0.4 is 10.5 Å². The van der Waals surface area contributed by atoms with Gasteiger partial charge >= 0.3 is 0 Å². The molecule has 0 aliphatic rings. The van der Waals surface area contributed by atoms with E-state index in [1.165, 1.54) is 0 Å². The Hall–Kier alpha value is -1.06. The van der Waals surface area contributed by atoms with Crippen molar-refractivity contribution in [2.75, 3.05) is 13.2 Å². The van der Waals surface area contributed by atoms with Crippen molar-refractivity contribution in [3.05, 3.63) is 29.8 Å². The van der Waals surface area contributed by atoms with Crippen molar-refractivity contribution in [1.29, 1.82) is 0 Å². The molecule has 0 heterocycles. The van der Waals surface area contributed by atoms with E-state index in [9.17, 15) is 0 Å². The highest BCUT2D eigenvalue weighted by Crippen LogP contribution is 2.14. The maximum Gasteiger partial charge on any atom is 0.119 e. The fourth-order valence-electron chi connectivity index (χ4n) is 1.30. The van der Waals surface area contributed by atoms with Crippen molar-refractivity contribution in [3.63, 3.8) is 0 Å². The lowest BCUT2D eigenvalue weighted by Gasteiger charge is -2.23. The van der Waals surface area contributed by atoms with Crippen LogP contribution in [0.4, 0.5) is 0 Å². The summed E-state index contributed by atoms with van der Waals surface area (Å²) in [6.45, 7) is 8.04. The maximum atomic E-state index is 5.70. The summed E-state index contributed by atoms with van der Waals surface area (Å²) in [5, 5.41) is 0. The van der Waals surface area contributed by atoms with Gasteiger partial charge in [0, 0.05) is 6.54 Å². The molecule has 1 aromatic rings. The van der Waals surface area contributed by atoms with Gasteiger partial charge in [-0.05, 0) is 38.0 Å². The summed E-state index contributed by atoms with van der Waals surface area (Å²) in [6.07, 6.45) is 0.998. The first-order chi connectivity index (χ1) is 8.07. The smallest absolute Gasteiger partial charge is 0.119 e. The standard InChI is InChI=1S/C14H23NO2/c1-4-14(2,3)17-10-9-16-13-7-5-12(11-15)6-8-13/h5-8H,4,9-11,15H2,1-3H3. The van der Waals surface area contributed by atoms with E-state index in [-0.39, 0.29) is 5.60 Å². The number of hydrogen-bond donors (Lipinski definition) is 1. The highest BCUT2D eigenvalue weighted by molar-refractivity contribution is 5.26. The molecule has 1 aromatic carbocycles. The second-order valence-electron chi connectivity index (χ2n) is 4.66. The number of ether oxygens (including phenoxy) is 2. The van der Waals surface area contributed by atoms with Gasteiger partial charge < -0.3 is 15.2 Å². The van der Waals surface area contributed by atoms with E-state index in [1.54, 1.807) is 0 Å². The summed E-state index contributed by atoms with van der Waals surface area (Å²) in [7, 11) is 0. The molecule has 2 N–H and O–H groups in total. The fourth-order valence-corrected chi connectivity index (χ4v) is 1.30. The molecule has 17 heavy (non-hydrogen) atoms. The second kappa shape index (κ2) is 6.62. The summed E-state index contributed by atoms with van der Waals surface area (Å²) in [4.78, 5) is 0. The maximum absolute atomic E-state index is 5.70. The molecule has 0 spiro atoms. The van der Waals surface area contributed by atoms with Crippen molar-refractivity contribution in [2.24, 2.45) is 5.73 Å². The van der Waals surface area contributed by atoms with E-state index in [0.29, 0.717) is 19.8 Å². The van der Waals surface area contributed by atoms with Crippen LogP contribution in [0.2, 0.25) is 0 Å². The fraction of sp³-hybridized carbons (Fsp3) is 0.571. The minimum atomic E-state index is -0.0627. The van der Waals surface area contributed by atoms with Crippen LogP contribution in [0.1, 0.15) is 32.8 Å². The molecule has 0 bridgehead atoms. The van der Waals surface area contributed by atoms with Gasteiger partial charge in [0.2, 0.25) is 0 Å². The first kappa shape index (κ1) is 14.0. The zero-order chi connectivity index (χ0) is 12.7. The molecule has 96 valence electrons. The Kier molecular flexibility index (Phi) is 5.45. The molecule has 0 saturated carbocycles. The molecule has 0 unspecified atom stereocenters. The van der Waals surface area contributed by atoms with Crippen LogP contribution in [0, 0.1) is 0 Å². The molecule has 0 radical (unpaired) electrons. The largest absolute Gasteiger partial charge is 0.491 e. The summed E-state index contributed by atoms with van der Waals surface area (Å²) >= 11 is 0. The summed E-state index contributed by atoms with van der Waals surface area (Å²) in [6, 6.07) is 7.83. The average molecular weight is 237 g/mol. The number of benzene rings is 1. The molecule has 1 rings (SSSR count). The summed E-state index contributed by atoms with van der Waals surface area (Å²) in [5.41, 5.74) is 6.57. The van der Waals surface area contributed by atoms with Gasteiger partial charge in [0.15, 0.2) is 0 Å². The van der Waals surface area contributed by atoms with Crippen LogP contribution in [-0.4, -0.2) is 18.8 Å². The van der Waals surface area contributed by atoms with Crippen LogP contribution >= 0.6 is 0 Å². The zero-order valence-electron chi connectivity index (χ0n) is 11.0. The Morgan fingerprint density at radius 1 is 1.12 bits per heavy atom. The highest BCUT2D eigenvalue weighted by atomic mass is 16.5. The Bertz CT molecular complexity index is 319. The molecule has 0 saturated heterocycles. The topological polar surface area (TPSA) is 44.5 Å². The van der Waals surface area contributed by atoms with Crippen molar-refractivity contribution in [3.8, 4) is 5.75 Å². The van der Waals surface area contributed by atoms with Gasteiger partial charge in [0.05, 0.1) is 12.2 Å². The predicted molar refractivity (Wildman–Crippen MR) is 70.2 cm³/mol. The van der Waals surface area contributed by atoms with Crippen LogP contribution in [0.5, 0.6) is 5.75 Å². The molecular formula is C14H23NO2. The molecule has 0 amide bonds. The van der Waals surface area contributed by atoms with Crippen LogP contribution in [0.25, 0.3) is 0 Å². The summed E-state index contributed by atoms with van der Waals surface area (Å²) in [5.74, 6) is 0.861. The van der Waals surface area contributed by atoms with Gasteiger partial charge in [0.25, 0.3) is 0 Å². The minimum Gasteiger partial charge on any atom is -0.491 e. The lowest BCUT2D eigenvalue weighted by Crippen LogP contribution is -2.25. The van der Waals surface area contributed by atoms with Crippen LogP contribution in [0.3, 0.4) is 0 Å². The molecular weight excluding hydrogens is 214 g/mol. The zero-order valence-corrected chi connectivity index (χ0v) is 11.0. The molecule has 0 aliphatic carbocycles. The van der Waals surface area contributed by atoms with Crippen molar-refractivity contribution in [1.82, 2.24) is 0 Å². The third-order valence-electron chi connectivity index (χ3n) is 2.86. The second-order valence-corrected chi connectivity index (χ2v) is 4.66. The molecule has 0 fully saturated rings. The average Bonchev–Trinajstić information content (AvgIpc) is 2.35. The van der Waals surface area contributed by atoms with E-state index in [2.05, 4.69) is 20.8 Å². The molecule has 0 aliphatic heterocycles. The van der Waals surface area contributed by atoms with Gasteiger partial charge in [-0.15, -0.1) is 0 Å². The van der Waals surface area contributed by atoms with E-state index >= 15 is 0 Å². The quantitative estimate of drug-likeness (QED) is 0.742. The Labute approximate surface area is 104 Å². The number of nitrogens with two attached hydrogens (primary N) is 1. The monoisotopic (exact) mass is 237 g/mol. The molecule has 0 aromatic heterocycles. The Morgan fingerprint density at radius 2 is 1.76 bits per heavy atom.